The largest absolute Gasteiger partial charge is 0.494 e. The van der Waals surface area contributed by atoms with E-state index in [-0.39, 0.29) is 34.2 Å². The minimum absolute atomic E-state index is 0.110. The van der Waals surface area contributed by atoms with Crippen LogP contribution in [0.1, 0.15) is 18.4 Å². The summed E-state index contributed by atoms with van der Waals surface area (Å²) in [6.07, 6.45) is 1.31. The van der Waals surface area contributed by atoms with Gasteiger partial charge < -0.3 is 10.1 Å². The van der Waals surface area contributed by atoms with Crippen molar-refractivity contribution in [2.75, 3.05) is 25.5 Å². The second kappa shape index (κ2) is 11.2. The minimum atomic E-state index is -0.525. The van der Waals surface area contributed by atoms with Crippen LogP contribution in [-0.2, 0) is 11.3 Å². The van der Waals surface area contributed by atoms with Crippen LogP contribution >= 0.6 is 23.8 Å². The summed E-state index contributed by atoms with van der Waals surface area (Å²) in [5.74, 6) is -0.497. The van der Waals surface area contributed by atoms with Gasteiger partial charge in [-0.25, -0.2) is 4.39 Å². The number of nitrogens with zero attached hydrogens (tertiary/aromatic N) is 2. The number of benzene rings is 2. The Bertz CT molecular complexity index is 1050. The highest BCUT2D eigenvalue weighted by Gasteiger charge is 2.25. The molecule has 2 aromatic carbocycles. The maximum Gasteiger partial charge on any atom is 0.273 e. The van der Waals surface area contributed by atoms with Gasteiger partial charge in [0, 0.05) is 23.6 Å². The topological polar surface area (TPSA) is 109 Å². The Morgan fingerprint density at radius 2 is 2.00 bits per heavy atom. The van der Waals surface area contributed by atoms with Crippen LogP contribution in [0.4, 0.5) is 15.8 Å². The van der Waals surface area contributed by atoms with Crippen molar-refractivity contribution in [3.63, 3.8) is 0 Å². The molecule has 12 heteroatoms. The standard InChI is InChI=1S/C21H23ClFN5O4S/c1-32-19-11-16(28(30)31)4-5-18(19)24-21(33)26-25-20(29)13-6-8-27(9-7-13)12-14-2-3-15(23)10-17(14)22/h2-5,10-11,13H,6-9,12H2,1H3,(H,25,29)(H2,24,26,33). The monoisotopic (exact) mass is 495 g/mol. The lowest BCUT2D eigenvalue weighted by Crippen LogP contribution is -2.48. The number of thiocarbonyl (C=S) groups is 1. The molecule has 0 saturated carbocycles. The molecule has 1 aliphatic rings. The summed E-state index contributed by atoms with van der Waals surface area (Å²) in [4.78, 5) is 25.0. The first-order chi connectivity index (χ1) is 15.8. The van der Waals surface area contributed by atoms with E-state index in [4.69, 9.17) is 28.6 Å². The molecule has 0 aliphatic carbocycles. The van der Waals surface area contributed by atoms with Gasteiger partial charge in [-0.15, -0.1) is 0 Å². The first-order valence-electron chi connectivity index (χ1n) is 10.1. The molecule has 1 aliphatic heterocycles. The molecule has 3 N–H and O–H groups in total. The maximum absolute atomic E-state index is 13.2. The SMILES string of the molecule is COc1cc([N+](=O)[O-])ccc1NC(=S)NNC(=O)C1CCN(Cc2ccc(F)cc2Cl)CC1. The summed E-state index contributed by atoms with van der Waals surface area (Å²) in [5, 5.41) is 14.2. The average Bonchev–Trinajstić information content (AvgIpc) is 2.80. The fraction of sp³-hybridized carbons (Fsp3) is 0.333. The summed E-state index contributed by atoms with van der Waals surface area (Å²) in [6, 6.07) is 8.42. The van der Waals surface area contributed by atoms with Crippen molar-refractivity contribution < 1.29 is 18.8 Å². The minimum Gasteiger partial charge on any atom is -0.494 e. The Labute approximate surface area is 200 Å². The zero-order valence-electron chi connectivity index (χ0n) is 17.8. The van der Waals surface area contributed by atoms with Gasteiger partial charge in [-0.3, -0.25) is 30.7 Å². The molecule has 1 fully saturated rings. The molecule has 176 valence electrons. The lowest BCUT2D eigenvalue weighted by Gasteiger charge is -2.31. The number of hydrogen-bond acceptors (Lipinski definition) is 6. The Morgan fingerprint density at radius 3 is 2.64 bits per heavy atom. The molecule has 1 amide bonds. The van der Waals surface area contributed by atoms with Crippen molar-refractivity contribution in [1.82, 2.24) is 15.8 Å². The Balaban J connectivity index is 1.45. The van der Waals surface area contributed by atoms with E-state index in [1.807, 2.05) is 0 Å². The molecule has 0 radical (unpaired) electrons. The summed E-state index contributed by atoms with van der Waals surface area (Å²) in [5.41, 5.74) is 6.40. The molecule has 1 heterocycles. The number of ether oxygens (including phenoxy) is 1. The summed E-state index contributed by atoms with van der Waals surface area (Å²) in [6.45, 7) is 2.00. The molecule has 1 saturated heterocycles. The van der Waals surface area contributed by atoms with Crippen molar-refractivity contribution in [3.8, 4) is 5.75 Å². The molecule has 3 rings (SSSR count). The van der Waals surface area contributed by atoms with Crippen molar-refractivity contribution in [2.45, 2.75) is 19.4 Å². The lowest BCUT2D eigenvalue weighted by molar-refractivity contribution is -0.384. The summed E-state index contributed by atoms with van der Waals surface area (Å²) < 4.78 is 18.4. The van der Waals surface area contributed by atoms with Crippen LogP contribution in [0.15, 0.2) is 36.4 Å². The lowest BCUT2D eigenvalue weighted by atomic mass is 9.96. The number of anilines is 1. The number of nitrogens with one attached hydrogen (secondary N) is 3. The molecule has 0 spiro atoms. The number of non-ortho nitro benzene ring substituents is 1. The van der Waals surface area contributed by atoms with Crippen LogP contribution in [0.5, 0.6) is 5.75 Å². The van der Waals surface area contributed by atoms with Gasteiger partial charge in [0.2, 0.25) is 5.91 Å². The van der Waals surface area contributed by atoms with Gasteiger partial charge in [0.15, 0.2) is 5.11 Å². The van der Waals surface area contributed by atoms with Gasteiger partial charge in [0.05, 0.1) is 23.8 Å². The van der Waals surface area contributed by atoms with Crippen LogP contribution in [0.3, 0.4) is 0 Å². The molecular formula is C21H23ClFN5O4S. The van der Waals surface area contributed by atoms with Crippen LogP contribution < -0.4 is 20.9 Å². The van der Waals surface area contributed by atoms with Crippen LogP contribution in [-0.4, -0.2) is 41.0 Å². The van der Waals surface area contributed by atoms with Gasteiger partial charge in [-0.2, -0.15) is 0 Å². The summed E-state index contributed by atoms with van der Waals surface area (Å²) in [7, 11) is 1.39. The van der Waals surface area contributed by atoms with E-state index in [0.717, 1.165) is 5.56 Å². The predicted molar refractivity (Wildman–Crippen MR) is 127 cm³/mol. The second-order valence-corrected chi connectivity index (χ2v) is 8.31. The highest BCUT2D eigenvalue weighted by atomic mass is 35.5. The molecular weight excluding hydrogens is 473 g/mol. The number of hydrazine groups is 1. The number of carbonyl (C=O) groups is 1. The molecule has 0 unspecified atom stereocenters. The third-order valence-electron chi connectivity index (χ3n) is 5.31. The quantitative estimate of drug-likeness (QED) is 0.317. The number of methoxy groups -OCH3 is 1. The molecule has 2 aromatic rings. The molecule has 33 heavy (non-hydrogen) atoms. The van der Waals surface area contributed by atoms with Gasteiger partial charge in [-0.1, -0.05) is 17.7 Å². The summed E-state index contributed by atoms with van der Waals surface area (Å²) >= 11 is 11.3. The fourth-order valence-corrected chi connectivity index (χ4v) is 3.90. The van der Waals surface area contributed by atoms with Gasteiger partial charge in [0.1, 0.15) is 11.6 Å². The van der Waals surface area contributed by atoms with E-state index in [1.165, 1.54) is 37.4 Å². The predicted octanol–water partition coefficient (Wildman–Crippen LogP) is 3.63. The number of nitro benzene ring substituents is 1. The third kappa shape index (κ3) is 6.73. The van der Waals surface area contributed by atoms with Crippen molar-refractivity contribution >= 4 is 46.2 Å². The van der Waals surface area contributed by atoms with Crippen molar-refractivity contribution in [1.29, 1.82) is 0 Å². The Morgan fingerprint density at radius 1 is 1.27 bits per heavy atom. The van der Waals surface area contributed by atoms with Crippen molar-refractivity contribution in [3.05, 3.63) is 62.9 Å². The smallest absolute Gasteiger partial charge is 0.273 e. The Kier molecular flexibility index (Phi) is 8.37. The molecule has 0 aromatic heterocycles. The molecule has 0 bridgehead atoms. The average molecular weight is 496 g/mol. The van der Waals surface area contributed by atoms with Crippen molar-refractivity contribution in [2.24, 2.45) is 5.92 Å². The van der Waals surface area contributed by atoms with E-state index >= 15 is 0 Å². The Hall–Kier alpha value is -3.02. The second-order valence-electron chi connectivity index (χ2n) is 7.50. The number of likely N-dealkylation sites (tertiary alicyclic amines) is 1. The highest BCUT2D eigenvalue weighted by molar-refractivity contribution is 7.80. The number of amides is 1. The van der Waals surface area contributed by atoms with E-state index < -0.39 is 4.92 Å². The zero-order chi connectivity index (χ0) is 24.0. The highest BCUT2D eigenvalue weighted by Crippen LogP contribution is 2.29. The first-order valence-corrected chi connectivity index (χ1v) is 10.9. The zero-order valence-corrected chi connectivity index (χ0v) is 19.3. The van der Waals surface area contributed by atoms with E-state index in [2.05, 4.69) is 21.1 Å². The van der Waals surface area contributed by atoms with E-state index in [9.17, 15) is 19.3 Å². The number of nitro groups is 1. The molecule has 9 nitrogen and oxygen atoms in total. The van der Waals surface area contributed by atoms with Crippen LogP contribution in [0.2, 0.25) is 5.02 Å². The number of halogens is 2. The number of piperidine rings is 1. The maximum atomic E-state index is 13.2. The first kappa shape index (κ1) is 24.6. The fourth-order valence-electron chi connectivity index (χ4n) is 3.51. The third-order valence-corrected chi connectivity index (χ3v) is 5.87. The number of hydrogen-bond donors (Lipinski definition) is 3. The van der Waals surface area contributed by atoms with E-state index in [0.29, 0.717) is 43.2 Å². The van der Waals surface area contributed by atoms with Gasteiger partial charge >= 0.3 is 0 Å². The number of rotatable bonds is 6. The van der Waals surface area contributed by atoms with Gasteiger partial charge in [-0.05, 0) is 61.9 Å². The van der Waals surface area contributed by atoms with E-state index in [1.54, 1.807) is 6.07 Å². The van der Waals surface area contributed by atoms with Gasteiger partial charge in [0.25, 0.3) is 5.69 Å². The van der Waals surface area contributed by atoms with Crippen LogP contribution in [0.25, 0.3) is 0 Å². The normalized spacial score (nSPS) is 14.4. The van der Waals surface area contributed by atoms with Crippen LogP contribution in [0, 0.1) is 21.8 Å². The molecule has 0 atom stereocenters. The number of carbonyl (C=O) groups excluding carboxylic acids is 1.